The third-order valence-corrected chi connectivity index (χ3v) is 6.41. The Bertz CT molecular complexity index is 1320. The second-order valence-electron chi connectivity index (χ2n) is 8.18. The summed E-state index contributed by atoms with van der Waals surface area (Å²) in [6, 6.07) is 19.4. The van der Waals surface area contributed by atoms with E-state index >= 15 is 0 Å². The van der Waals surface area contributed by atoms with Crippen molar-refractivity contribution in [2.24, 2.45) is 0 Å². The third-order valence-electron chi connectivity index (χ3n) is 5.88. The molecule has 0 aromatic heterocycles. The fourth-order valence-electron chi connectivity index (χ4n) is 4.10. The number of imide groups is 1. The highest BCUT2D eigenvalue weighted by Gasteiger charge is 2.35. The van der Waals surface area contributed by atoms with Gasteiger partial charge in [-0.25, -0.2) is 0 Å². The Labute approximate surface area is 209 Å². The van der Waals surface area contributed by atoms with Crippen LogP contribution >= 0.6 is 15.9 Å². The smallest absolute Gasteiger partial charge is 0.265 e. The van der Waals surface area contributed by atoms with Gasteiger partial charge in [0.2, 0.25) is 5.91 Å². The molecule has 0 bridgehead atoms. The highest BCUT2D eigenvalue weighted by atomic mass is 79.9. The van der Waals surface area contributed by atoms with Crippen LogP contribution in [-0.4, -0.2) is 41.7 Å². The monoisotopic (exact) mass is 533 g/mol. The van der Waals surface area contributed by atoms with Crippen molar-refractivity contribution >= 4 is 50.9 Å². The fraction of sp³-hybridized carbons (Fsp3) is 0.154. The van der Waals surface area contributed by atoms with Crippen LogP contribution < -0.4 is 15.0 Å². The first-order valence-electron chi connectivity index (χ1n) is 11.0. The zero-order chi connectivity index (χ0) is 24.5. The Morgan fingerprint density at radius 1 is 0.914 bits per heavy atom. The van der Waals surface area contributed by atoms with Crippen molar-refractivity contribution in [1.29, 1.82) is 0 Å². The zero-order valence-corrected chi connectivity index (χ0v) is 20.1. The number of hydrogen-bond acceptors (Lipinski definition) is 5. The van der Waals surface area contributed by atoms with Gasteiger partial charge in [-0.2, -0.15) is 0 Å². The number of rotatable bonds is 6. The van der Waals surface area contributed by atoms with Crippen molar-refractivity contribution in [2.45, 2.75) is 13.0 Å². The largest absolute Gasteiger partial charge is 0.482 e. The molecule has 35 heavy (non-hydrogen) atoms. The maximum absolute atomic E-state index is 12.6. The molecule has 0 spiro atoms. The molecule has 2 aliphatic rings. The number of anilines is 2. The van der Waals surface area contributed by atoms with E-state index in [9.17, 15) is 19.2 Å². The number of amides is 4. The third kappa shape index (κ3) is 4.54. The van der Waals surface area contributed by atoms with Gasteiger partial charge in [0.25, 0.3) is 17.7 Å². The summed E-state index contributed by atoms with van der Waals surface area (Å²) in [5.41, 5.74) is 2.69. The lowest BCUT2D eigenvalue weighted by Crippen LogP contribution is -2.38. The van der Waals surface area contributed by atoms with E-state index in [0.29, 0.717) is 34.8 Å². The van der Waals surface area contributed by atoms with Gasteiger partial charge in [-0.05, 0) is 48.0 Å². The van der Waals surface area contributed by atoms with Crippen LogP contribution in [0.3, 0.4) is 0 Å². The van der Waals surface area contributed by atoms with Crippen LogP contribution in [0.1, 0.15) is 32.7 Å². The molecule has 9 heteroatoms. The van der Waals surface area contributed by atoms with E-state index in [-0.39, 0.29) is 31.4 Å². The molecule has 0 fully saturated rings. The number of benzene rings is 3. The highest BCUT2D eigenvalue weighted by Crippen LogP contribution is 2.35. The molecule has 8 nitrogen and oxygen atoms in total. The van der Waals surface area contributed by atoms with Crippen molar-refractivity contribution in [3.05, 3.63) is 87.9 Å². The summed E-state index contributed by atoms with van der Waals surface area (Å²) in [6.07, 6.45) is -0.0550. The van der Waals surface area contributed by atoms with Crippen molar-refractivity contribution in [3.63, 3.8) is 0 Å². The lowest BCUT2D eigenvalue weighted by Gasteiger charge is -2.30. The number of nitrogens with one attached hydrogen (secondary N) is 1. The Morgan fingerprint density at radius 2 is 1.60 bits per heavy atom. The molecule has 2 aliphatic heterocycles. The number of carbonyl (C=O) groups excluding carboxylic acids is 4. The Kier molecular flexibility index (Phi) is 6.08. The van der Waals surface area contributed by atoms with E-state index in [2.05, 4.69) is 21.2 Å². The van der Waals surface area contributed by atoms with Crippen molar-refractivity contribution < 1.29 is 23.9 Å². The Hall–Kier alpha value is -3.98. The molecule has 176 valence electrons. The van der Waals surface area contributed by atoms with Crippen LogP contribution in [0, 0.1) is 0 Å². The molecule has 5 rings (SSSR count). The molecule has 0 saturated carbocycles. The molecule has 0 radical (unpaired) electrons. The standard InChI is InChI=1S/C26H20BrN3O5/c27-17-7-5-16(6-8-17)14-30-21-13-18(9-10-22(21)35-15-24(30)32)28-23(31)11-12-29-25(33)19-3-1-2-4-20(19)26(29)34/h1-10,13H,11-12,14-15H2,(H,28,31). The molecule has 2 heterocycles. The first-order valence-corrected chi connectivity index (χ1v) is 11.8. The first-order chi connectivity index (χ1) is 16.9. The number of hydrogen-bond donors (Lipinski definition) is 1. The summed E-state index contributed by atoms with van der Waals surface area (Å²) in [5, 5.41) is 2.79. The summed E-state index contributed by atoms with van der Waals surface area (Å²) in [4.78, 5) is 52.9. The van der Waals surface area contributed by atoms with E-state index in [1.54, 1.807) is 47.4 Å². The van der Waals surface area contributed by atoms with E-state index in [1.165, 1.54) is 0 Å². The molecule has 0 unspecified atom stereocenters. The number of carbonyl (C=O) groups is 4. The molecular weight excluding hydrogens is 514 g/mol. The quantitative estimate of drug-likeness (QED) is 0.483. The molecule has 0 atom stereocenters. The number of halogens is 1. The van der Waals surface area contributed by atoms with Gasteiger partial charge in [0.1, 0.15) is 5.75 Å². The minimum absolute atomic E-state index is 0.0274. The number of fused-ring (bicyclic) bond motifs is 2. The predicted octanol–water partition coefficient (Wildman–Crippen LogP) is 4.00. The first kappa shape index (κ1) is 22.8. The molecule has 0 aliphatic carbocycles. The van der Waals surface area contributed by atoms with Gasteiger partial charge in [-0.3, -0.25) is 24.1 Å². The van der Waals surface area contributed by atoms with E-state index in [4.69, 9.17) is 4.74 Å². The molecular formula is C26H20BrN3O5. The number of nitrogens with zero attached hydrogens (tertiary/aromatic N) is 2. The summed E-state index contributed by atoms with van der Waals surface area (Å²) in [6.45, 7) is 0.273. The van der Waals surface area contributed by atoms with Crippen LogP contribution in [0.25, 0.3) is 0 Å². The van der Waals surface area contributed by atoms with Crippen molar-refractivity contribution in [1.82, 2.24) is 4.90 Å². The predicted molar refractivity (Wildman–Crippen MR) is 132 cm³/mol. The lowest BCUT2D eigenvalue weighted by molar-refractivity contribution is -0.121. The van der Waals surface area contributed by atoms with E-state index < -0.39 is 11.8 Å². The van der Waals surface area contributed by atoms with Crippen molar-refractivity contribution in [3.8, 4) is 5.75 Å². The van der Waals surface area contributed by atoms with Crippen LogP contribution in [0.5, 0.6) is 5.75 Å². The van der Waals surface area contributed by atoms with Gasteiger partial charge in [0, 0.05) is 23.1 Å². The fourth-order valence-corrected chi connectivity index (χ4v) is 4.37. The normalized spacial score (nSPS) is 14.5. The summed E-state index contributed by atoms with van der Waals surface area (Å²) >= 11 is 3.41. The zero-order valence-electron chi connectivity index (χ0n) is 18.5. The summed E-state index contributed by atoms with van der Waals surface area (Å²) in [7, 11) is 0. The van der Waals surface area contributed by atoms with Gasteiger partial charge < -0.3 is 15.0 Å². The molecule has 4 amide bonds. The van der Waals surface area contributed by atoms with Crippen LogP contribution in [0.2, 0.25) is 0 Å². The second kappa shape index (κ2) is 9.34. The summed E-state index contributed by atoms with van der Waals surface area (Å²) < 4.78 is 6.50. The molecule has 3 aromatic carbocycles. The van der Waals surface area contributed by atoms with Gasteiger partial charge in [0.15, 0.2) is 6.61 Å². The van der Waals surface area contributed by atoms with Gasteiger partial charge >= 0.3 is 0 Å². The minimum Gasteiger partial charge on any atom is -0.482 e. The second-order valence-corrected chi connectivity index (χ2v) is 9.10. The Morgan fingerprint density at radius 3 is 2.29 bits per heavy atom. The maximum atomic E-state index is 12.6. The van der Waals surface area contributed by atoms with Crippen LogP contribution in [-0.2, 0) is 16.1 Å². The average molecular weight is 534 g/mol. The summed E-state index contributed by atoms with van der Waals surface area (Å²) in [5.74, 6) is -0.790. The topological polar surface area (TPSA) is 96.0 Å². The maximum Gasteiger partial charge on any atom is 0.265 e. The number of ether oxygens (including phenoxy) is 1. The SMILES string of the molecule is O=C(CCN1C(=O)c2ccccc2C1=O)Nc1ccc2c(c1)N(Cc1ccc(Br)cc1)C(=O)CO2. The lowest BCUT2D eigenvalue weighted by atomic mass is 10.1. The van der Waals surface area contributed by atoms with Gasteiger partial charge in [-0.1, -0.05) is 40.2 Å². The Balaban J connectivity index is 1.27. The van der Waals surface area contributed by atoms with Crippen LogP contribution in [0.4, 0.5) is 11.4 Å². The minimum atomic E-state index is -0.397. The van der Waals surface area contributed by atoms with E-state index in [1.807, 2.05) is 24.3 Å². The highest BCUT2D eigenvalue weighted by molar-refractivity contribution is 9.10. The van der Waals surface area contributed by atoms with Gasteiger partial charge in [-0.15, -0.1) is 0 Å². The average Bonchev–Trinajstić information content (AvgIpc) is 3.10. The molecule has 0 saturated heterocycles. The molecule has 1 N–H and O–H groups in total. The molecule has 3 aromatic rings. The van der Waals surface area contributed by atoms with Gasteiger partial charge in [0.05, 0.1) is 23.4 Å². The van der Waals surface area contributed by atoms with Crippen molar-refractivity contribution in [2.75, 3.05) is 23.4 Å². The van der Waals surface area contributed by atoms with Crippen LogP contribution in [0.15, 0.2) is 71.2 Å². The van der Waals surface area contributed by atoms with E-state index in [0.717, 1.165) is 14.9 Å².